The molecule has 0 unspecified atom stereocenters. The summed E-state index contributed by atoms with van der Waals surface area (Å²) in [7, 11) is -2.81. The molecule has 3 rings (SSSR count). The van der Waals surface area contributed by atoms with Gasteiger partial charge < -0.3 is 10.1 Å². The minimum Gasteiger partial charge on any atom is -0.465 e. The lowest BCUT2D eigenvalue weighted by atomic mass is 10.1. The van der Waals surface area contributed by atoms with Gasteiger partial charge in [0.25, 0.3) is 10.0 Å². The summed E-state index contributed by atoms with van der Waals surface area (Å²) in [5.41, 5.74) is 2.41. The number of hydrogen-bond acceptors (Lipinski definition) is 5. The monoisotopic (exact) mass is 486 g/mol. The van der Waals surface area contributed by atoms with Crippen molar-refractivity contribution in [3.8, 4) is 0 Å². The van der Waals surface area contributed by atoms with Crippen molar-refractivity contribution < 1.29 is 22.7 Å². The van der Waals surface area contributed by atoms with E-state index in [1.54, 1.807) is 37.3 Å². The van der Waals surface area contributed by atoms with E-state index in [1.165, 1.54) is 37.4 Å². The average Bonchev–Trinajstić information content (AvgIpc) is 2.79. The number of nitrogens with one attached hydrogen (secondary N) is 1. The van der Waals surface area contributed by atoms with E-state index < -0.39 is 28.4 Å². The maximum Gasteiger partial charge on any atom is 0.337 e. The van der Waals surface area contributed by atoms with Gasteiger partial charge in [-0.05, 0) is 55.8 Å². The Balaban J connectivity index is 1.97. The van der Waals surface area contributed by atoms with Gasteiger partial charge in [-0.1, -0.05) is 47.5 Å². The highest BCUT2D eigenvalue weighted by Crippen LogP contribution is 2.28. The third-order valence-electron chi connectivity index (χ3n) is 4.90. The van der Waals surface area contributed by atoms with E-state index in [0.29, 0.717) is 11.3 Å². The molecule has 0 aromatic heterocycles. The molecule has 0 fully saturated rings. The Morgan fingerprint density at radius 1 is 1.00 bits per heavy atom. The molecule has 9 heteroatoms. The number of carbonyl (C=O) groups excluding carboxylic acids is 2. The van der Waals surface area contributed by atoms with E-state index in [1.807, 2.05) is 13.0 Å². The first-order valence-electron chi connectivity index (χ1n) is 9.96. The lowest BCUT2D eigenvalue weighted by Crippen LogP contribution is -2.38. The number of rotatable bonds is 7. The van der Waals surface area contributed by atoms with Gasteiger partial charge in [0.2, 0.25) is 5.91 Å². The quantitative estimate of drug-likeness (QED) is 0.493. The number of ether oxygens (including phenoxy) is 1. The van der Waals surface area contributed by atoms with Crippen molar-refractivity contribution in [2.75, 3.05) is 23.3 Å². The van der Waals surface area contributed by atoms with Crippen molar-refractivity contribution in [1.82, 2.24) is 0 Å². The molecule has 3 aromatic rings. The van der Waals surface area contributed by atoms with E-state index in [2.05, 4.69) is 5.32 Å². The maximum atomic E-state index is 13.5. The topological polar surface area (TPSA) is 92.8 Å². The predicted octanol–water partition coefficient (Wildman–Crippen LogP) is 4.58. The van der Waals surface area contributed by atoms with Crippen LogP contribution in [-0.4, -0.2) is 33.9 Å². The number of amides is 1. The molecule has 0 heterocycles. The lowest BCUT2D eigenvalue weighted by molar-refractivity contribution is -0.114. The molecule has 0 radical (unpaired) electrons. The van der Waals surface area contributed by atoms with Crippen LogP contribution in [0.2, 0.25) is 5.02 Å². The summed E-state index contributed by atoms with van der Waals surface area (Å²) in [5, 5.41) is 2.79. The first-order chi connectivity index (χ1) is 15.6. The number of nitrogens with zero attached hydrogens (tertiary/aromatic N) is 1. The van der Waals surface area contributed by atoms with Crippen molar-refractivity contribution in [3.05, 3.63) is 88.4 Å². The second-order valence-corrected chi connectivity index (χ2v) is 9.62. The van der Waals surface area contributed by atoms with Crippen molar-refractivity contribution >= 4 is 44.9 Å². The van der Waals surface area contributed by atoms with Crippen LogP contribution >= 0.6 is 11.6 Å². The number of esters is 1. The van der Waals surface area contributed by atoms with Gasteiger partial charge in [-0.2, -0.15) is 0 Å². The zero-order valence-electron chi connectivity index (χ0n) is 18.3. The molecule has 0 bridgehead atoms. The molecule has 33 heavy (non-hydrogen) atoms. The van der Waals surface area contributed by atoms with Crippen LogP contribution in [-0.2, 0) is 19.6 Å². The van der Waals surface area contributed by atoms with E-state index in [-0.39, 0.29) is 21.2 Å². The van der Waals surface area contributed by atoms with Crippen molar-refractivity contribution in [1.29, 1.82) is 0 Å². The predicted molar refractivity (Wildman–Crippen MR) is 128 cm³/mol. The van der Waals surface area contributed by atoms with Crippen molar-refractivity contribution in [3.63, 3.8) is 0 Å². The third-order valence-corrected chi connectivity index (χ3v) is 7.00. The molecule has 0 aliphatic rings. The molecule has 0 aliphatic heterocycles. The normalized spacial score (nSPS) is 11.0. The third kappa shape index (κ3) is 5.53. The van der Waals surface area contributed by atoms with Crippen LogP contribution in [0.25, 0.3) is 0 Å². The molecule has 3 aromatic carbocycles. The van der Waals surface area contributed by atoms with Crippen LogP contribution in [0.4, 0.5) is 11.4 Å². The fraction of sp³-hybridized carbons (Fsp3) is 0.167. The average molecular weight is 487 g/mol. The maximum absolute atomic E-state index is 13.5. The smallest absolute Gasteiger partial charge is 0.337 e. The Kier molecular flexibility index (Phi) is 7.40. The van der Waals surface area contributed by atoms with Gasteiger partial charge >= 0.3 is 5.97 Å². The highest BCUT2D eigenvalue weighted by Gasteiger charge is 2.28. The Labute approximate surface area is 198 Å². The Bertz CT molecular complexity index is 1290. The van der Waals surface area contributed by atoms with Crippen LogP contribution in [0.1, 0.15) is 21.5 Å². The zero-order valence-corrected chi connectivity index (χ0v) is 19.9. The molecule has 0 spiro atoms. The van der Waals surface area contributed by atoms with Crippen LogP contribution in [0, 0.1) is 13.8 Å². The highest BCUT2D eigenvalue weighted by molar-refractivity contribution is 7.92. The summed E-state index contributed by atoms with van der Waals surface area (Å²) >= 11 is 6.17. The summed E-state index contributed by atoms with van der Waals surface area (Å²) in [4.78, 5) is 24.8. The number of hydrogen-bond donors (Lipinski definition) is 1. The summed E-state index contributed by atoms with van der Waals surface area (Å²) in [6.07, 6.45) is 0. The SMILES string of the molecule is COC(=O)c1ccc(Cl)c(NC(=O)CN(c2ccc(C)cc2C)S(=O)(=O)c2ccccc2)c1. The van der Waals surface area contributed by atoms with E-state index >= 15 is 0 Å². The summed E-state index contributed by atoms with van der Waals surface area (Å²) in [6.45, 7) is 3.18. The highest BCUT2D eigenvalue weighted by atomic mass is 35.5. The standard InChI is InChI=1S/C24H23ClN2O5S/c1-16-9-12-22(17(2)13-16)27(33(30,31)19-7-5-4-6-8-19)15-23(28)26-21-14-18(24(29)32-3)10-11-20(21)25/h4-14H,15H2,1-3H3,(H,26,28). The Hall–Kier alpha value is -3.36. The summed E-state index contributed by atoms with van der Waals surface area (Å²) in [6, 6.07) is 17.5. The van der Waals surface area contributed by atoms with Crippen LogP contribution < -0.4 is 9.62 Å². The lowest BCUT2D eigenvalue weighted by Gasteiger charge is -2.26. The summed E-state index contributed by atoms with van der Waals surface area (Å²) in [5.74, 6) is -1.22. The zero-order chi connectivity index (χ0) is 24.2. The number of aryl methyl sites for hydroxylation is 2. The van der Waals surface area contributed by atoms with Gasteiger partial charge in [0.05, 0.1) is 34.0 Å². The number of anilines is 2. The molecule has 1 N–H and O–H groups in total. The molecule has 0 aliphatic carbocycles. The van der Waals surface area contributed by atoms with Crippen LogP contribution in [0.3, 0.4) is 0 Å². The summed E-state index contributed by atoms with van der Waals surface area (Å²) < 4.78 is 32.7. The molecular formula is C24H23ClN2O5S. The molecule has 1 amide bonds. The van der Waals surface area contributed by atoms with Gasteiger partial charge in [0.1, 0.15) is 6.54 Å². The van der Waals surface area contributed by atoms with E-state index in [4.69, 9.17) is 16.3 Å². The van der Waals surface area contributed by atoms with Crippen LogP contribution in [0.5, 0.6) is 0 Å². The molecule has 0 saturated carbocycles. The number of sulfonamides is 1. The molecular weight excluding hydrogens is 464 g/mol. The van der Waals surface area contributed by atoms with E-state index in [0.717, 1.165) is 9.87 Å². The minimum atomic E-state index is -4.05. The van der Waals surface area contributed by atoms with Crippen LogP contribution in [0.15, 0.2) is 71.6 Å². The molecule has 172 valence electrons. The fourth-order valence-electron chi connectivity index (χ4n) is 3.29. The number of halogens is 1. The van der Waals surface area contributed by atoms with E-state index in [9.17, 15) is 18.0 Å². The fourth-order valence-corrected chi connectivity index (χ4v) is 4.96. The Morgan fingerprint density at radius 2 is 1.70 bits per heavy atom. The molecule has 7 nitrogen and oxygen atoms in total. The first-order valence-corrected chi connectivity index (χ1v) is 11.8. The van der Waals surface area contributed by atoms with Gasteiger partial charge in [0.15, 0.2) is 0 Å². The molecule has 0 saturated heterocycles. The van der Waals surface area contributed by atoms with Gasteiger partial charge in [-0.15, -0.1) is 0 Å². The van der Waals surface area contributed by atoms with Gasteiger partial charge in [-0.3, -0.25) is 9.10 Å². The second kappa shape index (κ2) is 10.1. The Morgan fingerprint density at radius 3 is 2.33 bits per heavy atom. The van der Waals surface area contributed by atoms with Gasteiger partial charge in [0, 0.05) is 0 Å². The number of carbonyl (C=O) groups is 2. The van der Waals surface area contributed by atoms with Crippen molar-refractivity contribution in [2.24, 2.45) is 0 Å². The van der Waals surface area contributed by atoms with Crippen molar-refractivity contribution in [2.45, 2.75) is 18.7 Å². The number of benzene rings is 3. The minimum absolute atomic E-state index is 0.0588. The molecule has 0 atom stereocenters. The van der Waals surface area contributed by atoms with Gasteiger partial charge in [-0.25, -0.2) is 13.2 Å². The largest absolute Gasteiger partial charge is 0.465 e. The first kappa shape index (κ1) is 24.3. The number of methoxy groups -OCH3 is 1. The second-order valence-electron chi connectivity index (χ2n) is 7.35.